The van der Waals surface area contributed by atoms with E-state index in [1.165, 1.54) is 25.7 Å². The molecule has 0 amide bonds. The summed E-state index contributed by atoms with van der Waals surface area (Å²) in [5.74, 6) is 1.52. The van der Waals surface area contributed by atoms with Crippen LogP contribution in [-0.2, 0) is 9.47 Å². The Hall–Kier alpha value is -0.850. The maximum Gasteiger partial charge on any atom is 0.191 e. The van der Waals surface area contributed by atoms with Crippen LogP contribution in [-0.4, -0.2) is 76.6 Å². The highest BCUT2D eigenvalue weighted by Crippen LogP contribution is 2.21. The third kappa shape index (κ3) is 8.38. The van der Waals surface area contributed by atoms with Crippen molar-refractivity contribution in [3.63, 3.8) is 0 Å². The van der Waals surface area contributed by atoms with Gasteiger partial charge in [-0.3, -0.25) is 4.99 Å². The molecule has 146 valence electrons. The van der Waals surface area contributed by atoms with Crippen molar-refractivity contribution in [2.45, 2.75) is 51.5 Å². The Bertz CT molecular complexity index is 366. The molecule has 0 spiro atoms. The summed E-state index contributed by atoms with van der Waals surface area (Å²) in [5, 5.41) is 6.78. The van der Waals surface area contributed by atoms with E-state index in [1.54, 1.807) is 0 Å². The second kappa shape index (κ2) is 12.5. The van der Waals surface area contributed by atoms with E-state index in [1.807, 2.05) is 0 Å². The van der Waals surface area contributed by atoms with E-state index in [0.29, 0.717) is 5.92 Å². The second-order valence-corrected chi connectivity index (χ2v) is 7.26. The van der Waals surface area contributed by atoms with E-state index in [4.69, 9.17) is 9.47 Å². The highest BCUT2D eigenvalue weighted by molar-refractivity contribution is 5.79. The van der Waals surface area contributed by atoms with Gasteiger partial charge < -0.3 is 25.0 Å². The van der Waals surface area contributed by atoms with Gasteiger partial charge in [0.25, 0.3) is 0 Å². The molecule has 0 aromatic heterocycles. The molecule has 0 radical (unpaired) electrons. The SMILES string of the molecule is CCNC(=NCCCOCC1CCOC1)NCCN(C)C1CCCC1. The number of aliphatic imine (C=N–C) groups is 1. The average molecular weight is 355 g/mol. The number of guanidine groups is 1. The first kappa shape index (κ1) is 20.5. The largest absolute Gasteiger partial charge is 0.381 e. The number of hydrogen-bond donors (Lipinski definition) is 2. The Balaban J connectivity index is 1.53. The van der Waals surface area contributed by atoms with Crippen LogP contribution in [0.3, 0.4) is 0 Å². The van der Waals surface area contributed by atoms with Crippen molar-refractivity contribution in [2.24, 2.45) is 10.9 Å². The summed E-state index contributed by atoms with van der Waals surface area (Å²) in [6.07, 6.45) is 7.61. The van der Waals surface area contributed by atoms with E-state index in [9.17, 15) is 0 Å². The number of nitrogens with zero attached hydrogens (tertiary/aromatic N) is 2. The van der Waals surface area contributed by atoms with Crippen molar-refractivity contribution < 1.29 is 9.47 Å². The standard InChI is InChI=1S/C19H38N4O2/c1-3-20-19(22-11-12-23(2)18-7-4-5-8-18)21-10-6-13-24-15-17-9-14-25-16-17/h17-18H,3-16H2,1-2H3,(H2,20,21,22). The summed E-state index contributed by atoms with van der Waals surface area (Å²) in [4.78, 5) is 7.14. The van der Waals surface area contributed by atoms with Gasteiger partial charge in [0.2, 0.25) is 0 Å². The van der Waals surface area contributed by atoms with Crippen LogP contribution in [0.15, 0.2) is 4.99 Å². The lowest BCUT2D eigenvalue weighted by molar-refractivity contribution is 0.0893. The van der Waals surface area contributed by atoms with Gasteiger partial charge in [0.05, 0.1) is 13.2 Å². The third-order valence-electron chi connectivity index (χ3n) is 5.14. The van der Waals surface area contributed by atoms with E-state index >= 15 is 0 Å². The molecule has 1 unspecified atom stereocenters. The third-order valence-corrected chi connectivity index (χ3v) is 5.14. The van der Waals surface area contributed by atoms with Gasteiger partial charge in [-0.05, 0) is 39.7 Å². The number of ether oxygens (including phenoxy) is 2. The molecule has 25 heavy (non-hydrogen) atoms. The fourth-order valence-corrected chi connectivity index (χ4v) is 3.54. The van der Waals surface area contributed by atoms with Gasteiger partial charge in [-0.1, -0.05) is 12.8 Å². The molecule has 2 N–H and O–H groups in total. The zero-order valence-corrected chi connectivity index (χ0v) is 16.3. The van der Waals surface area contributed by atoms with Gasteiger partial charge >= 0.3 is 0 Å². The van der Waals surface area contributed by atoms with Gasteiger partial charge in [-0.25, -0.2) is 0 Å². The molecule has 1 heterocycles. The van der Waals surface area contributed by atoms with Gasteiger partial charge in [-0.2, -0.15) is 0 Å². The average Bonchev–Trinajstić information content (AvgIpc) is 3.31. The van der Waals surface area contributed by atoms with Crippen LogP contribution < -0.4 is 10.6 Å². The van der Waals surface area contributed by atoms with Crippen LogP contribution in [0, 0.1) is 5.92 Å². The zero-order chi connectivity index (χ0) is 17.7. The summed E-state index contributed by atoms with van der Waals surface area (Å²) in [7, 11) is 2.24. The van der Waals surface area contributed by atoms with E-state index in [2.05, 4.69) is 34.5 Å². The van der Waals surface area contributed by atoms with E-state index in [-0.39, 0.29) is 0 Å². The summed E-state index contributed by atoms with van der Waals surface area (Å²) in [6, 6.07) is 0.781. The Morgan fingerprint density at radius 2 is 2.08 bits per heavy atom. The molecule has 2 fully saturated rings. The summed E-state index contributed by atoms with van der Waals surface area (Å²) in [6.45, 7) is 9.18. The van der Waals surface area contributed by atoms with Crippen LogP contribution >= 0.6 is 0 Å². The fourth-order valence-electron chi connectivity index (χ4n) is 3.54. The molecule has 2 aliphatic rings. The predicted octanol–water partition coefficient (Wildman–Crippen LogP) is 1.86. The number of hydrogen-bond acceptors (Lipinski definition) is 4. The maximum absolute atomic E-state index is 5.73. The molecule has 0 aromatic carbocycles. The Kier molecular flexibility index (Phi) is 10.2. The highest BCUT2D eigenvalue weighted by Gasteiger charge is 2.18. The molecular formula is C19H38N4O2. The molecule has 0 bridgehead atoms. The molecule has 1 aliphatic carbocycles. The van der Waals surface area contributed by atoms with E-state index < -0.39 is 0 Å². The first-order valence-corrected chi connectivity index (χ1v) is 10.2. The summed E-state index contributed by atoms with van der Waals surface area (Å²) < 4.78 is 11.1. The Labute approximate surface area is 153 Å². The van der Waals surface area contributed by atoms with Crippen molar-refractivity contribution in [3.05, 3.63) is 0 Å². The molecule has 6 nitrogen and oxygen atoms in total. The molecule has 0 aromatic rings. The maximum atomic E-state index is 5.73. The van der Waals surface area contributed by atoms with Crippen LogP contribution in [0.4, 0.5) is 0 Å². The minimum Gasteiger partial charge on any atom is -0.381 e. The van der Waals surface area contributed by atoms with Gasteiger partial charge in [-0.15, -0.1) is 0 Å². The molecular weight excluding hydrogens is 316 g/mol. The number of nitrogens with one attached hydrogen (secondary N) is 2. The van der Waals surface area contributed by atoms with Crippen LogP contribution in [0.5, 0.6) is 0 Å². The molecule has 1 saturated heterocycles. The van der Waals surface area contributed by atoms with Gasteiger partial charge in [0.15, 0.2) is 5.96 Å². The van der Waals surface area contributed by atoms with Crippen molar-refractivity contribution in [2.75, 3.05) is 59.7 Å². The summed E-state index contributed by atoms with van der Waals surface area (Å²) >= 11 is 0. The first-order valence-electron chi connectivity index (χ1n) is 10.2. The van der Waals surface area contributed by atoms with Crippen molar-refractivity contribution in [1.82, 2.24) is 15.5 Å². The van der Waals surface area contributed by atoms with Crippen LogP contribution in [0.25, 0.3) is 0 Å². The number of likely N-dealkylation sites (N-methyl/N-ethyl adjacent to an activating group) is 1. The molecule has 6 heteroatoms. The lowest BCUT2D eigenvalue weighted by Gasteiger charge is -2.24. The van der Waals surface area contributed by atoms with Crippen LogP contribution in [0.1, 0.15) is 45.4 Å². The monoisotopic (exact) mass is 354 g/mol. The summed E-state index contributed by atoms with van der Waals surface area (Å²) in [5.41, 5.74) is 0. The molecule has 1 aliphatic heterocycles. The Morgan fingerprint density at radius 3 is 2.80 bits per heavy atom. The van der Waals surface area contributed by atoms with Crippen LogP contribution in [0.2, 0.25) is 0 Å². The van der Waals surface area contributed by atoms with E-state index in [0.717, 1.165) is 77.4 Å². The Morgan fingerprint density at radius 1 is 1.24 bits per heavy atom. The minimum atomic E-state index is 0.597. The second-order valence-electron chi connectivity index (χ2n) is 7.26. The quantitative estimate of drug-likeness (QED) is 0.337. The predicted molar refractivity (Wildman–Crippen MR) is 103 cm³/mol. The molecule has 1 saturated carbocycles. The lowest BCUT2D eigenvalue weighted by atomic mass is 10.1. The van der Waals surface area contributed by atoms with Gasteiger partial charge in [0.1, 0.15) is 0 Å². The molecule has 1 atom stereocenters. The van der Waals surface area contributed by atoms with Crippen molar-refractivity contribution in [3.8, 4) is 0 Å². The number of rotatable bonds is 11. The van der Waals surface area contributed by atoms with Crippen molar-refractivity contribution in [1.29, 1.82) is 0 Å². The van der Waals surface area contributed by atoms with Crippen molar-refractivity contribution >= 4 is 5.96 Å². The normalized spacial score (nSPS) is 22.0. The lowest BCUT2D eigenvalue weighted by Crippen LogP contribution is -2.42. The molecule has 2 rings (SSSR count). The van der Waals surface area contributed by atoms with Gasteiger partial charge in [0, 0.05) is 51.4 Å². The minimum absolute atomic E-state index is 0.597. The fraction of sp³-hybridized carbons (Fsp3) is 0.947. The highest BCUT2D eigenvalue weighted by atomic mass is 16.5. The zero-order valence-electron chi connectivity index (χ0n) is 16.3. The smallest absolute Gasteiger partial charge is 0.191 e. The first-order chi connectivity index (χ1) is 12.3. The topological polar surface area (TPSA) is 58.1 Å².